The molecule has 2 heterocycles. The third-order valence-electron chi connectivity index (χ3n) is 4.42. The molecule has 2 aromatic carbocycles. The second kappa shape index (κ2) is 6.96. The van der Waals surface area contributed by atoms with Crippen LogP contribution in [0.25, 0.3) is 21.9 Å². The molecule has 1 N–H and O–H groups in total. The van der Waals surface area contributed by atoms with Crippen LogP contribution in [0, 0.1) is 0 Å². The Hall–Kier alpha value is -3.21. The van der Waals surface area contributed by atoms with Crippen molar-refractivity contribution < 1.29 is 4.79 Å². The summed E-state index contributed by atoms with van der Waals surface area (Å²) < 4.78 is 1.89. The van der Waals surface area contributed by atoms with Gasteiger partial charge < -0.3 is 5.32 Å². The van der Waals surface area contributed by atoms with Crippen LogP contribution in [-0.2, 0) is 6.54 Å². The Morgan fingerprint density at radius 3 is 2.65 bits per heavy atom. The molecule has 5 heteroatoms. The maximum Gasteiger partial charge on any atom is 0.256 e. The molecule has 0 spiro atoms. The average Bonchev–Trinajstić information content (AvgIpc) is 3.01. The zero-order valence-corrected chi connectivity index (χ0v) is 14.6. The van der Waals surface area contributed by atoms with Crippen molar-refractivity contribution in [2.75, 3.05) is 5.32 Å². The van der Waals surface area contributed by atoms with E-state index in [1.807, 2.05) is 53.2 Å². The van der Waals surface area contributed by atoms with Crippen molar-refractivity contribution in [1.29, 1.82) is 0 Å². The minimum absolute atomic E-state index is 0.166. The predicted octanol–water partition coefficient (Wildman–Crippen LogP) is 4.64. The van der Waals surface area contributed by atoms with Gasteiger partial charge in [0, 0.05) is 17.5 Å². The molecule has 0 saturated carbocycles. The molecule has 26 heavy (non-hydrogen) atoms. The first-order valence-electron chi connectivity index (χ1n) is 8.89. The summed E-state index contributed by atoms with van der Waals surface area (Å²) in [6.45, 7) is 2.92. The molecule has 0 aliphatic heterocycles. The largest absolute Gasteiger partial charge is 0.305 e. The molecule has 5 nitrogen and oxygen atoms in total. The number of hydrogen-bond donors (Lipinski definition) is 1. The van der Waals surface area contributed by atoms with Gasteiger partial charge in [-0.1, -0.05) is 49.7 Å². The number of rotatable bonds is 5. The van der Waals surface area contributed by atoms with Crippen LogP contribution in [0.15, 0.2) is 60.7 Å². The molecule has 0 aliphatic carbocycles. The van der Waals surface area contributed by atoms with Gasteiger partial charge in [-0.15, -0.1) is 0 Å². The SMILES string of the molecule is CCCCn1nc(NC(=O)c2ccccc2)c2cc3ccccc3nc21. The molecule has 0 fully saturated rings. The third-order valence-corrected chi connectivity index (χ3v) is 4.42. The number of carbonyl (C=O) groups excluding carboxylic acids is 1. The van der Waals surface area contributed by atoms with E-state index in [-0.39, 0.29) is 5.91 Å². The molecule has 0 unspecified atom stereocenters. The van der Waals surface area contributed by atoms with Gasteiger partial charge in [-0.25, -0.2) is 9.67 Å². The van der Waals surface area contributed by atoms with Crippen molar-refractivity contribution in [1.82, 2.24) is 14.8 Å². The first-order valence-corrected chi connectivity index (χ1v) is 8.89. The monoisotopic (exact) mass is 344 g/mol. The Morgan fingerprint density at radius 1 is 1.08 bits per heavy atom. The summed E-state index contributed by atoms with van der Waals surface area (Å²) in [5, 5.41) is 9.49. The summed E-state index contributed by atoms with van der Waals surface area (Å²) in [7, 11) is 0. The molecule has 4 rings (SSSR count). The minimum Gasteiger partial charge on any atom is -0.305 e. The summed E-state index contributed by atoms with van der Waals surface area (Å²) in [5.41, 5.74) is 2.34. The van der Waals surface area contributed by atoms with E-state index in [0.29, 0.717) is 11.4 Å². The molecule has 1 amide bonds. The number of aryl methyl sites for hydroxylation is 1. The van der Waals surface area contributed by atoms with Crippen LogP contribution in [-0.4, -0.2) is 20.7 Å². The van der Waals surface area contributed by atoms with E-state index in [1.54, 1.807) is 12.1 Å². The summed E-state index contributed by atoms with van der Waals surface area (Å²) in [5.74, 6) is 0.393. The predicted molar refractivity (Wildman–Crippen MR) is 104 cm³/mol. The van der Waals surface area contributed by atoms with Crippen molar-refractivity contribution in [2.45, 2.75) is 26.3 Å². The Bertz CT molecular complexity index is 1070. The fourth-order valence-electron chi connectivity index (χ4n) is 3.02. The van der Waals surface area contributed by atoms with Gasteiger partial charge in [0.25, 0.3) is 5.91 Å². The Morgan fingerprint density at radius 2 is 1.85 bits per heavy atom. The van der Waals surface area contributed by atoms with Gasteiger partial charge in [0.2, 0.25) is 0 Å². The lowest BCUT2D eigenvalue weighted by molar-refractivity contribution is 0.102. The number of benzene rings is 2. The highest BCUT2D eigenvalue weighted by Gasteiger charge is 2.16. The van der Waals surface area contributed by atoms with Gasteiger partial charge in [0.05, 0.1) is 10.9 Å². The topological polar surface area (TPSA) is 59.8 Å². The first-order chi connectivity index (χ1) is 12.8. The highest BCUT2D eigenvalue weighted by Crippen LogP contribution is 2.26. The molecule has 0 radical (unpaired) electrons. The van der Waals surface area contributed by atoms with E-state index in [9.17, 15) is 4.79 Å². The average molecular weight is 344 g/mol. The fraction of sp³-hybridized carbons (Fsp3) is 0.190. The normalized spacial score (nSPS) is 11.1. The highest BCUT2D eigenvalue weighted by molar-refractivity contribution is 6.08. The number of anilines is 1. The lowest BCUT2D eigenvalue weighted by Gasteiger charge is -2.02. The van der Waals surface area contributed by atoms with Gasteiger partial charge >= 0.3 is 0 Å². The van der Waals surface area contributed by atoms with Crippen LogP contribution in [0.5, 0.6) is 0 Å². The molecular formula is C21H20N4O. The Balaban J connectivity index is 1.80. The molecule has 0 saturated heterocycles. The maximum atomic E-state index is 12.6. The summed E-state index contributed by atoms with van der Waals surface area (Å²) in [6, 6.07) is 19.2. The standard InChI is InChI=1S/C21H20N4O/c1-2-3-13-25-20-17(14-16-11-7-8-12-18(16)22-20)19(24-25)23-21(26)15-9-5-4-6-10-15/h4-12,14H,2-3,13H2,1H3,(H,23,24,26). The van der Waals surface area contributed by atoms with Crippen LogP contribution < -0.4 is 5.32 Å². The van der Waals surface area contributed by atoms with Gasteiger partial charge in [0.1, 0.15) is 0 Å². The van der Waals surface area contributed by atoms with E-state index in [1.165, 1.54) is 0 Å². The van der Waals surface area contributed by atoms with Crippen molar-refractivity contribution in [2.24, 2.45) is 0 Å². The number of nitrogens with one attached hydrogen (secondary N) is 1. The smallest absolute Gasteiger partial charge is 0.256 e. The number of aromatic nitrogens is 3. The van der Waals surface area contributed by atoms with Crippen LogP contribution in [0.2, 0.25) is 0 Å². The number of unbranched alkanes of at least 4 members (excludes halogenated alkanes) is 1. The Kier molecular flexibility index (Phi) is 4.35. The van der Waals surface area contributed by atoms with Crippen molar-refractivity contribution in [3.05, 3.63) is 66.2 Å². The van der Waals surface area contributed by atoms with Crippen molar-refractivity contribution in [3.63, 3.8) is 0 Å². The van der Waals surface area contributed by atoms with Gasteiger partial charge in [-0.3, -0.25) is 4.79 Å². The Labute approximate surface area is 151 Å². The number of fused-ring (bicyclic) bond motifs is 2. The summed E-state index contributed by atoms with van der Waals surface area (Å²) in [4.78, 5) is 17.3. The highest BCUT2D eigenvalue weighted by atomic mass is 16.1. The molecule has 130 valence electrons. The quantitative estimate of drug-likeness (QED) is 0.574. The van der Waals surface area contributed by atoms with E-state index < -0.39 is 0 Å². The number of para-hydroxylation sites is 1. The molecule has 4 aromatic rings. The molecule has 0 aliphatic rings. The molecule has 0 bridgehead atoms. The number of carbonyl (C=O) groups is 1. The van der Waals surface area contributed by atoms with Crippen LogP contribution >= 0.6 is 0 Å². The number of pyridine rings is 1. The lowest BCUT2D eigenvalue weighted by Crippen LogP contribution is -2.12. The zero-order chi connectivity index (χ0) is 17.9. The first kappa shape index (κ1) is 16.3. The van der Waals surface area contributed by atoms with E-state index in [2.05, 4.69) is 17.3 Å². The molecule has 2 aromatic heterocycles. The number of amides is 1. The van der Waals surface area contributed by atoms with Crippen LogP contribution in [0.1, 0.15) is 30.1 Å². The zero-order valence-electron chi connectivity index (χ0n) is 14.6. The third kappa shape index (κ3) is 3.04. The lowest BCUT2D eigenvalue weighted by atomic mass is 10.2. The maximum absolute atomic E-state index is 12.6. The van der Waals surface area contributed by atoms with E-state index in [4.69, 9.17) is 4.98 Å². The summed E-state index contributed by atoms with van der Waals surface area (Å²) in [6.07, 6.45) is 2.08. The number of nitrogens with zero attached hydrogens (tertiary/aromatic N) is 3. The van der Waals surface area contributed by atoms with Crippen molar-refractivity contribution in [3.8, 4) is 0 Å². The molecular weight excluding hydrogens is 324 g/mol. The molecule has 0 atom stereocenters. The minimum atomic E-state index is -0.166. The fourth-order valence-corrected chi connectivity index (χ4v) is 3.02. The number of hydrogen-bond acceptors (Lipinski definition) is 3. The van der Waals surface area contributed by atoms with E-state index in [0.717, 1.165) is 41.3 Å². The van der Waals surface area contributed by atoms with Gasteiger partial charge in [0.15, 0.2) is 11.5 Å². The van der Waals surface area contributed by atoms with Gasteiger partial charge in [-0.05, 0) is 30.7 Å². The summed E-state index contributed by atoms with van der Waals surface area (Å²) >= 11 is 0. The van der Waals surface area contributed by atoms with E-state index >= 15 is 0 Å². The second-order valence-electron chi connectivity index (χ2n) is 6.30. The van der Waals surface area contributed by atoms with Gasteiger partial charge in [-0.2, -0.15) is 5.10 Å². The van der Waals surface area contributed by atoms with Crippen LogP contribution in [0.4, 0.5) is 5.82 Å². The second-order valence-corrected chi connectivity index (χ2v) is 6.30. The van der Waals surface area contributed by atoms with Crippen LogP contribution in [0.3, 0.4) is 0 Å². The van der Waals surface area contributed by atoms with Crippen molar-refractivity contribution >= 4 is 33.7 Å².